The molecule has 5 nitrogen and oxygen atoms in total. The van der Waals surface area contributed by atoms with E-state index in [4.69, 9.17) is 0 Å². The highest BCUT2D eigenvalue weighted by Gasteiger charge is 2.33. The second-order valence-electron chi connectivity index (χ2n) is 5.87. The molecule has 0 unspecified atom stereocenters. The molecule has 0 atom stereocenters. The Kier molecular flexibility index (Phi) is 4.70. The van der Waals surface area contributed by atoms with Crippen LogP contribution < -0.4 is 10.2 Å². The van der Waals surface area contributed by atoms with Gasteiger partial charge in [0.05, 0.1) is 4.92 Å². The zero-order chi connectivity index (χ0) is 15.5. The van der Waals surface area contributed by atoms with Crippen LogP contribution in [0.5, 0.6) is 0 Å². The smallest absolute Gasteiger partial charge is 0.315 e. The van der Waals surface area contributed by atoms with Gasteiger partial charge < -0.3 is 10.2 Å². The van der Waals surface area contributed by atoms with Gasteiger partial charge in [0.2, 0.25) is 0 Å². The van der Waals surface area contributed by atoms with Crippen molar-refractivity contribution in [2.24, 2.45) is 5.41 Å². The van der Waals surface area contributed by atoms with E-state index in [0.29, 0.717) is 11.1 Å². The number of nitro groups is 1. The van der Waals surface area contributed by atoms with Gasteiger partial charge in [0.15, 0.2) is 0 Å². The van der Waals surface area contributed by atoms with Crippen molar-refractivity contribution in [2.45, 2.75) is 39.5 Å². The maximum Gasteiger partial charge on any atom is 0.315 e. The van der Waals surface area contributed by atoms with Gasteiger partial charge in [0.1, 0.15) is 11.4 Å². The van der Waals surface area contributed by atoms with Crippen LogP contribution in [0.15, 0.2) is 18.2 Å². The second kappa shape index (κ2) is 6.33. The first kappa shape index (κ1) is 15.6. The Balaban J connectivity index is 2.26. The number of hydrogen-bond acceptors (Lipinski definition) is 4. The van der Waals surface area contributed by atoms with Gasteiger partial charge in [-0.2, -0.15) is 0 Å². The fraction of sp³-hybridized carbons (Fsp3) is 0.625. The molecule has 1 fully saturated rings. The number of benzene rings is 1. The summed E-state index contributed by atoms with van der Waals surface area (Å²) in [6, 6.07) is 5.51. The number of hydrogen-bond donors (Lipinski definition) is 1. The Morgan fingerprint density at radius 3 is 2.38 bits per heavy atom. The minimum Gasteiger partial charge on any atom is -0.382 e. The Morgan fingerprint density at radius 1 is 1.29 bits per heavy atom. The van der Waals surface area contributed by atoms with E-state index in [2.05, 4.69) is 24.1 Å². The SMILES string of the molecule is CCC1(CC)CCN(c2cccc(NC)c2[N+](=O)[O-])CC1. The fourth-order valence-corrected chi connectivity index (χ4v) is 3.36. The van der Waals surface area contributed by atoms with Gasteiger partial charge in [0, 0.05) is 20.1 Å². The van der Waals surface area contributed by atoms with Crippen molar-refractivity contribution in [2.75, 3.05) is 30.4 Å². The largest absolute Gasteiger partial charge is 0.382 e. The maximum atomic E-state index is 11.4. The molecule has 1 aliphatic rings. The molecule has 0 bridgehead atoms. The minimum absolute atomic E-state index is 0.195. The van der Waals surface area contributed by atoms with Gasteiger partial charge in [-0.3, -0.25) is 10.1 Å². The normalized spacial score (nSPS) is 17.6. The number of anilines is 2. The van der Waals surface area contributed by atoms with Crippen LogP contribution in [0.1, 0.15) is 39.5 Å². The second-order valence-corrected chi connectivity index (χ2v) is 5.87. The summed E-state index contributed by atoms with van der Waals surface area (Å²) in [6.07, 6.45) is 4.61. The number of nitrogens with one attached hydrogen (secondary N) is 1. The van der Waals surface area contributed by atoms with E-state index in [0.717, 1.165) is 31.6 Å². The lowest BCUT2D eigenvalue weighted by atomic mass is 9.74. The summed E-state index contributed by atoms with van der Waals surface area (Å²) in [7, 11) is 1.72. The lowest BCUT2D eigenvalue weighted by Crippen LogP contribution is -2.39. The van der Waals surface area contributed by atoms with Crippen LogP contribution in [0.25, 0.3) is 0 Å². The van der Waals surface area contributed by atoms with Crippen LogP contribution in [-0.4, -0.2) is 25.1 Å². The summed E-state index contributed by atoms with van der Waals surface area (Å²) in [6.45, 7) is 6.30. The van der Waals surface area contributed by atoms with Crippen LogP contribution in [0.3, 0.4) is 0 Å². The highest BCUT2D eigenvalue weighted by molar-refractivity contribution is 5.77. The molecule has 0 saturated carbocycles. The summed E-state index contributed by atoms with van der Waals surface area (Å²) >= 11 is 0. The highest BCUT2D eigenvalue weighted by Crippen LogP contribution is 2.42. The van der Waals surface area contributed by atoms with Gasteiger partial charge in [-0.25, -0.2) is 0 Å². The van der Waals surface area contributed by atoms with Crippen molar-refractivity contribution < 1.29 is 4.92 Å². The minimum atomic E-state index is -0.275. The lowest BCUT2D eigenvalue weighted by molar-refractivity contribution is -0.383. The maximum absolute atomic E-state index is 11.4. The summed E-state index contributed by atoms with van der Waals surface area (Å²) in [5, 5.41) is 14.3. The van der Waals surface area contributed by atoms with Crippen LogP contribution in [0, 0.1) is 15.5 Å². The van der Waals surface area contributed by atoms with Crippen molar-refractivity contribution in [1.29, 1.82) is 0 Å². The molecular weight excluding hydrogens is 266 g/mol. The summed E-state index contributed by atoms with van der Waals surface area (Å²) in [5.74, 6) is 0. The van der Waals surface area contributed by atoms with Crippen LogP contribution in [0.2, 0.25) is 0 Å². The van der Waals surface area contributed by atoms with E-state index in [1.807, 2.05) is 12.1 Å². The van der Waals surface area contributed by atoms with E-state index in [-0.39, 0.29) is 10.6 Å². The van der Waals surface area contributed by atoms with Crippen LogP contribution in [-0.2, 0) is 0 Å². The number of para-hydroxylation sites is 1. The van der Waals surface area contributed by atoms with Crippen molar-refractivity contribution in [1.82, 2.24) is 0 Å². The van der Waals surface area contributed by atoms with E-state index in [1.54, 1.807) is 13.1 Å². The molecule has 1 aromatic rings. The van der Waals surface area contributed by atoms with Crippen molar-refractivity contribution in [3.05, 3.63) is 28.3 Å². The quantitative estimate of drug-likeness (QED) is 0.657. The third-order valence-corrected chi connectivity index (χ3v) is 5.13. The van der Waals surface area contributed by atoms with Crippen molar-refractivity contribution >= 4 is 17.1 Å². The predicted octanol–water partition coefficient (Wildman–Crippen LogP) is 4.04. The fourth-order valence-electron chi connectivity index (χ4n) is 3.36. The molecule has 1 N–H and O–H groups in total. The first-order chi connectivity index (χ1) is 10.1. The van der Waals surface area contributed by atoms with Crippen LogP contribution in [0.4, 0.5) is 17.1 Å². The molecule has 0 spiro atoms. The average Bonchev–Trinajstić information content (AvgIpc) is 2.54. The van der Waals surface area contributed by atoms with E-state index in [1.165, 1.54) is 12.8 Å². The number of nitrogens with zero attached hydrogens (tertiary/aromatic N) is 2. The summed E-state index contributed by atoms with van der Waals surface area (Å²) < 4.78 is 0. The molecule has 0 aliphatic carbocycles. The Labute approximate surface area is 126 Å². The van der Waals surface area contributed by atoms with Gasteiger partial charge in [-0.15, -0.1) is 0 Å². The zero-order valence-corrected chi connectivity index (χ0v) is 13.2. The van der Waals surface area contributed by atoms with E-state index < -0.39 is 0 Å². The number of rotatable bonds is 5. The van der Waals surface area contributed by atoms with Gasteiger partial charge in [0.25, 0.3) is 0 Å². The van der Waals surface area contributed by atoms with Gasteiger partial charge in [-0.1, -0.05) is 32.8 Å². The Hall–Kier alpha value is -1.78. The highest BCUT2D eigenvalue weighted by atomic mass is 16.6. The lowest BCUT2D eigenvalue weighted by Gasteiger charge is -2.41. The molecule has 1 saturated heterocycles. The summed E-state index contributed by atoms with van der Waals surface area (Å²) in [4.78, 5) is 13.3. The third kappa shape index (κ3) is 2.96. The molecule has 5 heteroatoms. The number of nitro benzene ring substituents is 1. The molecule has 0 amide bonds. The Morgan fingerprint density at radius 2 is 1.90 bits per heavy atom. The monoisotopic (exact) mass is 291 g/mol. The molecule has 21 heavy (non-hydrogen) atoms. The molecule has 0 radical (unpaired) electrons. The first-order valence-corrected chi connectivity index (χ1v) is 7.77. The van der Waals surface area contributed by atoms with Crippen molar-refractivity contribution in [3.8, 4) is 0 Å². The Bertz CT molecular complexity index is 502. The van der Waals surface area contributed by atoms with Crippen LogP contribution >= 0.6 is 0 Å². The first-order valence-electron chi connectivity index (χ1n) is 7.77. The molecule has 1 heterocycles. The average molecular weight is 291 g/mol. The standard InChI is InChI=1S/C16H25N3O2/c1-4-16(5-2)9-11-18(12-10-16)14-8-6-7-13(17-3)15(14)19(20)21/h6-8,17H,4-5,9-12H2,1-3H3. The molecule has 2 rings (SSSR count). The topological polar surface area (TPSA) is 58.4 Å². The molecule has 116 valence electrons. The predicted molar refractivity (Wildman–Crippen MR) is 87.1 cm³/mol. The summed E-state index contributed by atoms with van der Waals surface area (Å²) in [5.41, 5.74) is 1.94. The zero-order valence-electron chi connectivity index (χ0n) is 13.2. The molecular formula is C16H25N3O2. The van der Waals surface area contributed by atoms with Gasteiger partial charge >= 0.3 is 5.69 Å². The van der Waals surface area contributed by atoms with E-state index >= 15 is 0 Å². The van der Waals surface area contributed by atoms with E-state index in [9.17, 15) is 10.1 Å². The van der Waals surface area contributed by atoms with Gasteiger partial charge in [-0.05, 0) is 30.4 Å². The molecule has 1 aromatic carbocycles. The number of piperidine rings is 1. The molecule has 1 aliphatic heterocycles. The van der Waals surface area contributed by atoms with Crippen molar-refractivity contribution in [3.63, 3.8) is 0 Å². The molecule has 0 aromatic heterocycles. The third-order valence-electron chi connectivity index (χ3n) is 5.13.